The predicted molar refractivity (Wildman–Crippen MR) is 143 cm³/mol. The molecule has 0 aliphatic heterocycles. The lowest BCUT2D eigenvalue weighted by molar-refractivity contribution is 0.219. The molecule has 0 bridgehead atoms. The second-order valence-electron chi connectivity index (χ2n) is 8.59. The average Bonchev–Trinajstić information content (AvgIpc) is 2.94. The molecule has 5 aromatic rings. The smallest absolute Gasteiger partial charge is 0.162 e. The van der Waals surface area contributed by atoms with Gasteiger partial charge in [-0.2, -0.15) is 0 Å². The highest BCUT2D eigenvalue weighted by atomic mass is 19.1. The number of hydrogen-bond donors (Lipinski definition) is 2. The van der Waals surface area contributed by atoms with Crippen molar-refractivity contribution in [1.82, 2.24) is 15.0 Å². The van der Waals surface area contributed by atoms with Crippen LogP contribution in [0.3, 0.4) is 0 Å². The quantitative estimate of drug-likeness (QED) is 0.275. The number of hydrogen-bond acceptors (Lipinski definition) is 9. The number of aromatic nitrogens is 3. The summed E-state index contributed by atoms with van der Waals surface area (Å²) in [6.07, 6.45) is 4.96. The number of fused-ring (bicyclic) bond motifs is 3. The summed E-state index contributed by atoms with van der Waals surface area (Å²) in [5.74, 6) is 2.05. The number of nitrogen functional groups attached to an aromatic ring is 1. The van der Waals surface area contributed by atoms with E-state index in [2.05, 4.69) is 15.0 Å². The second-order valence-corrected chi connectivity index (χ2v) is 8.59. The van der Waals surface area contributed by atoms with Crippen LogP contribution in [0.2, 0.25) is 0 Å². The van der Waals surface area contributed by atoms with E-state index < -0.39 is 6.04 Å². The molecule has 0 unspecified atom stereocenters. The fourth-order valence-electron chi connectivity index (χ4n) is 4.06. The highest BCUT2D eigenvalue weighted by molar-refractivity contribution is 6.10. The van der Waals surface area contributed by atoms with Crippen LogP contribution in [0, 0.1) is 5.82 Å². The van der Waals surface area contributed by atoms with Crippen LogP contribution < -0.4 is 30.4 Å². The van der Waals surface area contributed by atoms with Crippen molar-refractivity contribution in [3.63, 3.8) is 0 Å². The predicted octanol–water partition coefficient (Wildman–Crippen LogP) is 4.37. The molecule has 1 atom stereocenters. The lowest BCUT2D eigenvalue weighted by Gasteiger charge is -2.15. The summed E-state index contributed by atoms with van der Waals surface area (Å²) in [7, 11) is 3.16. The number of rotatable bonds is 9. The third kappa shape index (κ3) is 5.21. The van der Waals surface area contributed by atoms with Crippen molar-refractivity contribution in [2.24, 2.45) is 5.73 Å². The maximum atomic E-state index is 13.3. The van der Waals surface area contributed by atoms with Crippen LogP contribution in [0.5, 0.6) is 23.0 Å². The molecule has 5 rings (SSSR count). The molecule has 3 aromatic heterocycles. The number of ether oxygens (including phenoxy) is 4. The van der Waals surface area contributed by atoms with Crippen molar-refractivity contribution in [2.45, 2.75) is 6.04 Å². The first kappa shape index (κ1) is 25.0. The van der Waals surface area contributed by atoms with Crippen molar-refractivity contribution in [1.29, 1.82) is 0 Å². The monoisotopic (exact) mass is 515 g/mol. The minimum atomic E-state index is -0.442. The van der Waals surface area contributed by atoms with Gasteiger partial charge in [0, 0.05) is 40.9 Å². The molecule has 0 amide bonds. The Bertz CT molecular complexity index is 1610. The lowest BCUT2D eigenvalue weighted by Crippen LogP contribution is -2.34. The van der Waals surface area contributed by atoms with Gasteiger partial charge in [-0.1, -0.05) is 6.07 Å². The van der Waals surface area contributed by atoms with Crippen molar-refractivity contribution in [2.75, 3.05) is 33.2 Å². The number of nitrogens with zero attached hydrogens (tertiary/aromatic N) is 3. The van der Waals surface area contributed by atoms with Crippen LogP contribution in [0.1, 0.15) is 0 Å². The highest BCUT2D eigenvalue weighted by Gasteiger charge is 2.14. The zero-order valence-corrected chi connectivity index (χ0v) is 20.8. The molecule has 0 radical (unpaired) electrons. The van der Waals surface area contributed by atoms with Gasteiger partial charge in [-0.25, -0.2) is 9.37 Å². The third-order valence-electron chi connectivity index (χ3n) is 5.95. The largest absolute Gasteiger partial charge is 0.493 e. The van der Waals surface area contributed by atoms with Gasteiger partial charge >= 0.3 is 0 Å². The van der Waals surface area contributed by atoms with E-state index in [1.807, 2.05) is 24.3 Å². The highest BCUT2D eigenvalue weighted by Crippen LogP contribution is 2.37. The fraction of sp³-hybridized carbons (Fsp3) is 0.179. The van der Waals surface area contributed by atoms with Crippen LogP contribution in [-0.2, 0) is 0 Å². The van der Waals surface area contributed by atoms with Gasteiger partial charge in [-0.15, -0.1) is 0 Å². The van der Waals surface area contributed by atoms with Crippen LogP contribution in [0.15, 0.2) is 67.1 Å². The topological polar surface area (TPSA) is 128 Å². The maximum absolute atomic E-state index is 13.3. The van der Waals surface area contributed by atoms with Gasteiger partial charge < -0.3 is 30.4 Å². The molecule has 2 aromatic carbocycles. The second kappa shape index (κ2) is 10.7. The van der Waals surface area contributed by atoms with E-state index in [0.29, 0.717) is 40.1 Å². The van der Waals surface area contributed by atoms with Gasteiger partial charge in [-0.05, 0) is 35.7 Å². The average molecular weight is 516 g/mol. The van der Waals surface area contributed by atoms with Crippen LogP contribution >= 0.6 is 0 Å². The molecule has 0 fully saturated rings. The first-order chi connectivity index (χ1) is 18.4. The Labute approximate surface area is 218 Å². The molecular formula is C28H26FN5O4. The Morgan fingerprint density at radius 3 is 2.37 bits per heavy atom. The molecule has 9 nitrogen and oxygen atoms in total. The van der Waals surface area contributed by atoms with E-state index in [1.54, 1.807) is 44.9 Å². The zero-order valence-electron chi connectivity index (χ0n) is 20.8. The molecule has 0 saturated carbocycles. The number of anilines is 1. The van der Waals surface area contributed by atoms with Gasteiger partial charge in [0.1, 0.15) is 36.3 Å². The summed E-state index contributed by atoms with van der Waals surface area (Å²) in [4.78, 5) is 13.4. The van der Waals surface area contributed by atoms with Crippen molar-refractivity contribution < 1.29 is 23.3 Å². The molecule has 3 heterocycles. The number of nitrogens with two attached hydrogens (primary N) is 2. The zero-order chi connectivity index (χ0) is 26.6. The van der Waals surface area contributed by atoms with Gasteiger partial charge in [0.2, 0.25) is 0 Å². The number of pyridine rings is 3. The first-order valence-corrected chi connectivity index (χ1v) is 11.8. The Hall–Kier alpha value is -4.70. The Kier molecular flexibility index (Phi) is 7.05. The molecule has 0 aliphatic carbocycles. The van der Waals surface area contributed by atoms with Crippen molar-refractivity contribution in [3.8, 4) is 34.3 Å². The normalized spacial score (nSPS) is 11.9. The molecule has 4 N–H and O–H groups in total. The number of methoxy groups -OCH3 is 2. The number of halogens is 1. The van der Waals surface area contributed by atoms with E-state index in [4.69, 9.17) is 30.4 Å². The molecule has 0 aliphatic rings. The Balaban J connectivity index is 1.38. The molecular weight excluding hydrogens is 489 g/mol. The molecule has 38 heavy (non-hydrogen) atoms. The fourth-order valence-corrected chi connectivity index (χ4v) is 4.06. The summed E-state index contributed by atoms with van der Waals surface area (Å²) < 4.78 is 35.6. The van der Waals surface area contributed by atoms with E-state index in [-0.39, 0.29) is 19.0 Å². The van der Waals surface area contributed by atoms with Gasteiger partial charge in [0.15, 0.2) is 11.5 Å². The SMILES string of the molecule is COc1cc2ncc3c(N)nc(-c4cncc(OC[C@@H](N)COc5cccc(F)c5)c4)cc3c2cc1OC. The molecule has 10 heteroatoms. The minimum absolute atomic E-state index is 0.161. The van der Waals surface area contributed by atoms with Crippen LogP contribution in [0.4, 0.5) is 10.2 Å². The van der Waals surface area contributed by atoms with Gasteiger partial charge in [-0.3, -0.25) is 9.97 Å². The standard InChI is InChI=1S/C28H26FN5O4/c1-35-26-9-22-21-8-24(34-28(31)23(21)13-33-25(22)10-27(26)36-2)16-6-20(12-32-11-16)38-15-18(30)14-37-19-5-3-4-17(29)7-19/h3-13,18H,14-15,30H2,1-2H3,(H2,31,34)/t18-/m0/s1. The lowest BCUT2D eigenvalue weighted by atomic mass is 10.0. The summed E-state index contributed by atoms with van der Waals surface area (Å²) in [6.45, 7) is 0.334. The van der Waals surface area contributed by atoms with E-state index in [1.165, 1.54) is 12.1 Å². The van der Waals surface area contributed by atoms with E-state index in [0.717, 1.165) is 21.7 Å². The van der Waals surface area contributed by atoms with Crippen molar-refractivity contribution >= 4 is 27.5 Å². The summed E-state index contributed by atoms with van der Waals surface area (Å²) >= 11 is 0. The minimum Gasteiger partial charge on any atom is -0.493 e. The summed E-state index contributed by atoms with van der Waals surface area (Å²) in [5.41, 5.74) is 14.5. The van der Waals surface area contributed by atoms with Gasteiger partial charge in [0.25, 0.3) is 0 Å². The Morgan fingerprint density at radius 2 is 1.61 bits per heavy atom. The van der Waals surface area contributed by atoms with Gasteiger partial charge in [0.05, 0.1) is 37.7 Å². The Morgan fingerprint density at radius 1 is 0.842 bits per heavy atom. The maximum Gasteiger partial charge on any atom is 0.162 e. The summed E-state index contributed by atoms with van der Waals surface area (Å²) in [6, 6.07) is 12.9. The van der Waals surface area contributed by atoms with E-state index in [9.17, 15) is 4.39 Å². The molecule has 194 valence electrons. The van der Waals surface area contributed by atoms with Crippen LogP contribution in [0.25, 0.3) is 32.9 Å². The molecule has 0 spiro atoms. The van der Waals surface area contributed by atoms with Crippen LogP contribution in [-0.4, -0.2) is 48.4 Å². The third-order valence-corrected chi connectivity index (χ3v) is 5.95. The van der Waals surface area contributed by atoms with Crippen molar-refractivity contribution in [3.05, 3.63) is 72.9 Å². The summed E-state index contributed by atoms with van der Waals surface area (Å²) in [5, 5.41) is 2.43. The van der Waals surface area contributed by atoms with E-state index >= 15 is 0 Å². The molecule has 0 saturated heterocycles. The first-order valence-electron chi connectivity index (χ1n) is 11.8. The number of benzene rings is 2.